The molecule has 0 aliphatic carbocycles. The van der Waals surface area contributed by atoms with E-state index in [9.17, 15) is 5.11 Å². The number of aromatic nitrogens is 3. The molecule has 3 aromatic heterocycles. The van der Waals surface area contributed by atoms with Gasteiger partial charge in [-0.3, -0.25) is 4.57 Å². The minimum Gasteiger partial charge on any atom is -0.451 e. The number of furan rings is 1. The Morgan fingerprint density at radius 2 is 1.17 bits per heavy atom. The number of fused-ring (bicyclic) bond motifs is 7. The second kappa shape index (κ2) is 11.5. The topological polar surface area (TPSA) is 64.1 Å². The van der Waals surface area contributed by atoms with Gasteiger partial charge in [-0.15, -0.1) is 0 Å². The molecule has 0 fully saturated rings. The van der Waals surface area contributed by atoms with Crippen molar-refractivity contribution in [2.45, 2.75) is 19.4 Å². The summed E-state index contributed by atoms with van der Waals surface area (Å²) in [4.78, 5) is 10.6. The Kier molecular flexibility index (Phi) is 6.69. The van der Waals surface area contributed by atoms with Crippen molar-refractivity contribution in [3.8, 4) is 39.5 Å². The average molecular weight is 672 g/mol. The predicted molar refractivity (Wildman–Crippen MR) is 213 cm³/mol. The fraction of sp³-hybridized carbons (Fsp3) is 0.0638. The molecule has 0 saturated heterocycles. The molecule has 0 saturated carbocycles. The van der Waals surface area contributed by atoms with Gasteiger partial charge in [-0.1, -0.05) is 133 Å². The summed E-state index contributed by atoms with van der Waals surface area (Å²) in [6.07, 6.45) is 0. The van der Waals surface area contributed by atoms with Crippen LogP contribution in [0.15, 0.2) is 162 Å². The molecule has 0 aliphatic rings. The number of nitrogens with zero attached hydrogens (tertiary/aromatic N) is 3. The van der Waals surface area contributed by atoms with Crippen molar-refractivity contribution in [2.75, 3.05) is 0 Å². The predicted octanol–water partition coefficient (Wildman–Crippen LogP) is 11.9. The van der Waals surface area contributed by atoms with Gasteiger partial charge in [0.2, 0.25) is 5.95 Å². The summed E-state index contributed by atoms with van der Waals surface area (Å²) in [6.45, 7) is 3.62. The van der Waals surface area contributed by atoms with Gasteiger partial charge in [0, 0.05) is 27.3 Å². The van der Waals surface area contributed by atoms with Gasteiger partial charge in [0.1, 0.15) is 16.8 Å². The zero-order chi connectivity index (χ0) is 35.0. The van der Waals surface area contributed by atoms with Gasteiger partial charge in [0.15, 0.2) is 5.58 Å². The van der Waals surface area contributed by atoms with Crippen molar-refractivity contribution < 1.29 is 9.52 Å². The normalized spacial score (nSPS) is 12.1. The smallest absolute Gasteiger partial charge is 0.236 e. The lowest BCUT2D eigenvalue weighted by atomic mass is 9.89. The Morgan fingerprint density at radius 1 is 0.519 bits per heavy atom. The van der Waals surface area contributed by atoms with Crippen molar-refractivity contribution in [2.24, 2.45) is 0 Å². The molecule has 0 aliphatic heterocycles. The number of benzene rings is 7. The number of para-hydroxylation sites is 2. The molecule has 248 valence electrons. The molecule has 52 heavy (non-hydrogen) atoms. The van der Waals surface area contributed by atoms with Gasteiger partial charge >= 0.3 is 0 Å². The maximum absolute atomic E-state index is 11.1. The molecule has 10 rings (SSSR count). The maximum atomic E-state index is 11.1. The minimum atomic E-state index is -1.04. The van der Waals surface area contributed by atoms with Crippen LogP contribution in [0.1, 0.15) is 19.4 Å². The van der Waals surface area contributed by atoms with E-state index in [2.05, 4.69) is 108 Å². The van der Waals surface area contributed by atoms with Gasteiger partial charge < -0.3 is 9.52 Å². The van der Waals surface area contributed by atoms with Crippen LogP contribution in [0.3, 0.4) is 0 Å². The first-order valence-electron chi connectivity index (χ1n) is 17.6. The Hall–Kier alpha value is -6.56. The Morgan fingerprint density at radius 3 is 2.04 bits per heavy atom. The molecule has 5 heteroatoms. The van der Waals surface area contributed by atoms with Crippen LogP contribution < -0.4 is 0 Å². The zero-order valence-corrected chi connectivity index (χ0v) is 28.7. The summed E-state index contributed by atoms with van der Waals surface area (Å²) in [5.41, 5.74) is 9.73. The number of aliphatic hydroxyl groups is 1. The monoisotopic (exact) mass is 671 g/mol. The SMILES string of the molecule is CC(C)(O)c1ccccc1-c1cccc2c1oc1c(-c3ccccc3)nc(-n3c4ccccc4c4cc(-c5cccc6ccccc56)ccc43)nc12. The van der Waals surface area contributed by atoms with Crippen LogP contribution in [0.2, 0.25) is 0 Å². The lowest BCUT2D eigenvalue weighted by Crippen LogP contribution is -2.16. The van der Waals surface area contributed by atoms with Crippen molar-refractivity contribution in [1.82, 2.24) is 14.5 Å². The van der Waals surface area contributed by atoms with Crippen molar-refractivity contribution in [3.05, 3.63) is 163 Å². The minimum absolute atomic E-state index is 0.570. The number of hydrogen-bond donors (Lipinski definition) is 1. The highest BCUT2D eigenvalue weighted by Gasteiger charge is 2.25. The Labute approximate surface area is 300 Å². The fourth-order valence-electron chi connectivity index (χ4n) is 7.84. The molecule has 0 atom stereocenters. The Balaban J connectivity index is 1.26. The van der Waals surface area contributed by atoms with Gasteiger partial charge in [0.25, 0.3) is 0 Å². The van der Waals surface area contributed by atoms with Crippen LogP contribution in [0.25, 0.3) is 94.1 Å². The molecule has 10 aromatic rings. The van der Waals surface area contributed by atoms with Crippen LogP contribution >= 0.6 is 0 Å². The highest BCUT2D eigenvalue weighted by molar-refractivity contribution is 6.13. The largest absolute Gasteiger partial charge is 0.451 e. The summed E-state index contributed by atoms with van der Waals surface area (Å²) in [6, 6.07) is 54.5. The molecule has 3 heterocycles. The van der Waals surface area contributed by atoms with E-state index in [0.29, 0.717) is 17.1 Å². The Bertz CT molecular complexity index is 3000. The lowest BCUT2D eigenvalue weighted by molar-refractivity contribution is 0.0792. The molecule has 0 amide bonds. The second-order valence-electron chi connectivity index (χ2n) is 13.9. The molecular weight excluding hydrogens is 639 g/mol. The van der Waals surface area contributed by atoms with Gasteiger partial charge in [-0.2, -0.15) is 0 Å². The molecule has 5 nitrogen and oxygen atoms in total. The quantitative estimate of drug-likeness (QED) is 0.198. The third-order valence-corrected chi connectivity index (χ3v) is 10.2. The van der Waals surface area contributed by atoms with Gasteiger partial charge in [0.05, 0.1) is 16.6 Å². The first-order valence-corrected chi connectivity index (χ1v) is 17.6. The third-order valence-electron chi connectivity index (χ3n) is 10.2. The third kappa shape index (κ3) is 4.67. The molecule has 1 N–H and O–H groups in total. The summed E-state index contributed by atoms with van der Waals surface area (Å²) < 4.78 is 9.00. The first kappa shape index (κ1) is 30.3. The highest BCUT2D eigenvalue weighted by atomic mass is 16.3. The fourth-order valence-corrected chi connectivity index (χ4v) is 7.84. The first-order chi connectivity index (χ1) is 25.4. The van der Waals surface area contributed by atoms with E-state index in [-0.39, 0.29) is 0 Å². The van der Waals surface area contributed by atoms with Crippen LogP contribution in [0.4, 0.5) is 0 Å². The number of hydrogen-bond acceptors (Lipinski definition) is 4. The summed E-state index contributed by atoms with van der Waals surface area (Å²) in [7, 11) is 0. The average Bonchev–Trinajstić information content (AvgIpc) is 3.73. The van der Waals surface area contributed by atoms with E-state index in [1.54, 1.807) is 0 Å². The van der Waals surface area contributed by atoms with E-state index < -0.39 is 5.60 Å². The summed E-state index contributed by atoms with van der Waals surface area (Å²) in [5, 5.41) is 16.7. The molecular formula is C47H33N3O2. The molecule has 0 radical (unpaired) electrons. The van der Waals surface area contributed by atoms with E-state index in [0.717, 1.165) is 66.2 Å². The van der Waals surface area contributed by atoms with E-state index in [1.165, 1.54) is 16.3 Å². The van der Waals surface area contributed by atoms with Gasteiger partial charge in [-0.05, 0) is 71.1 Å². The van der Waals surface area contributed by atoms with Crippen LogP contribution in [-0.4, -0.2) is 19.6 Å². The number of rotatable bonds is 5. The van der Waals surface area contributed by atoms with Crippen LogP contribution in [-0.2, 0) is 5.60 Å². The summed E-state index contributed by atoms with van der Waals surface area (Å²) >= 11 is 0. The second-order valence-corrected chi connectivity index (χ2v) is 13.9. The molecule has 0 spiro atoms. The molecule has 7 aromatic carbocycles. The van der Waals surface area contributed by atoms with E-state index >= 15 is 0 Å². The van der Waals surface area contributed by atoms with Crippen LogP contribution in [0, 0.1) is 0 Å². The highest BCUT2D eigenvalue weighted by Crippen LogP contribution is 2.42. The van der Waals surface area contributed by atoms with E-state index in [1.807, 2.05) is 68.4 Å². The zero-order valence-electron chi connectivity index (χ0n) is 28.7. The molecule has 0 bridgehead atoms. The standard InChI is InChI=1S/C47H33N3O2/c1-47(2,51)39-24-10-8-19-34(39)36-22-13-23-37-43-45(52-44(36)37)42(30-15-4-3-5-16-30)48-46(49-43)50-40-25-11-9-20-35(40)38-28-31(26-27-41(38)50)33-21-12-17-29-14-6-7-18-32(29)33/h3-28,51H,1-2H3. The maximum Gasteiger partial charge on any atom is 0.236 e. The summed E-state index contributed by atoms with van der Waals surface area (Å²) in [5.74, 6) is 0.570. The van der Waals surface area contributed by atoms with Gasteiger partial charge in [-0.25, -0.2) is 9.97 Å². The van der Waals surface area contributed by atoms with E-state index in [4.69, 9.17) is 14.4 Å². The van der Waals surface area contributed by atoms with Crippen LogP contribution in [0.5, 0.6) is 0 Å². The molecule has 0 unspecified atom stereocenters. The van der Waals surface area contributed by atoms with Crippen molar-refractivity contribution >= 4 is 54.6 Å². The van der Waals surface area contributed by atoms with Crippen molar-refractivity contribution in [1.29, 1.82) is 0 Å². The van der Waals surface area contributed by atoms with Crippen molar-refractivity contribution in [3.63, 3.8) is 0 Å². The lowest BCUT2D eigenvalue weighted by Gasteiger charge is -2.21.